The number of ether oxygens (including phenoxy) is 2. The molecule has 2 atom stereocenters. The molecule has 2 unspecified atom stereocenters. The van der Waals surface area contributed by atoms with Crippen molar-refractivity contribution >= 4 is 10.8 Å². The fourth-order valence-electron chi connectivity index (χ4n) is 2.07. The van der Waals surface area contributed by atoms with Gasteiger partial charge in [-0.05, 0) is 18.1 Å². The van der Waals surface area contributed by atoms with Crippen molar-refractivity contribution in [3.8, 4) is 11.5 Å². The van der Waals surface area contributed by atoms with Crippen LogP contribution in [0, 0.1) is 0 Å². The molecular weight excluding hydrogens is 226 g/mol. The molecule has 2 N–H and O–H groups in total. The molecule has 0 aromatic heterocycles. The maximum absolute atomic E-state index is 11.9. The average molecular weight is 239 g/mol. The summed E-state index contributed by atoms with van der Waals surface area (Å²) in [7, 11) is -0.949. The summed E-state index contributed by atoms with van der Waals surface area (Å²) >= 11 is 0. The molecule has 0 bridgehead atoms. The number of benzene rings is 1. The minimum atomic E-state index is -0.949. The summed E-state index contributed by atoms with van der Waals surface area (Å²) in [6.07, 6.45) is 0.763. The van der Waals surface area contributed by atoms with Gasteiger partial charge in [-0.25, -0.2) is 0 Å². The van der Waals surface area contributed by atoms with Crippen molar-refractivity contribution in [3.63, 3.8) is 0 Å². The van der Waals surface area contributed by atoms with E-state index in [4.69, 9.17) is 15.2 Å². The highest BCUT2D eigenvalue weighted by Crippen LogP contribution is 2.39. The number of nitrogens with two attached hydrogens (primary N) is 1. The van der Waals surface area contributed by atoms with Gasteiger partial charge >= 0.3 is 0 Å². The molecule has 0 saturated heterocycles. The molecule has 0 spiro atoms. The minimum absolute atomic E-state index is 0.0384. The third-order valence-corrected chi connectivity index (χ3v) is 4.38. The first-order valence-corrected chi connectivity index (χ1v) is 6.65. The van der Waals surface area contributed by atoms with Gasteiger partial charge in [-0.15, -0.1) is 0 Å². The number of rotatable bonds is 0. The Labute approximate surface area is 96.2 Å². The van der Waals surface area contributed by atoms with Crippen molar-refractivity contribution in [3.05, 3.63) is 17.7 Å². The van der Waals surface area contributed by atoms with Crippen LogP contribution in [-0.4, -0.2) is 23.2 Å². The Bertz CT molecular complexity index is 461. The number of hydrogen-bond acceptors (Lipinski definition) is 4. The first-order chi connectivity index (χ1) is 7.75. The van der Waals surface area contributed by atoms with E-state index in [9.17, 15) is 4.21 Å². The van der Waals surface area contributed by atoms with Crippen molar-refractivity contribution in [2.45, 2.75) is 17.4 Å². The summed E-state index contributed by atoms with van der Waals surface area (Å²) in [4.78, 5) is 0.808. The molecule has 2 heterocycles. The van der Waals surface area contributed by atoms with E-state index in [1.165, 1.54) is 0 Å². The molecule has 86 valence electrons. The van der Waals surface area contributed by atoms with Gasteiger partial charge < -0.3 is 15.2 Å². The zero-order chi connectivity index (χ0) is 11.1. The molecule has 2 aliphatic heterocycles. The van der Waals surface area contributed by atoms with Crippen LogP contribution in [0.4, 0.5) is 0 Å². The smallest absolute Gasteiger partial charge is 0.162 e. The van der Waals surface area contributed by atoms with Crippen LogP contribution in [0.1, 0.15) is 18.0 Å². The van der Waals surface area contributed by atoms with Crippen LogP contribution >= 0.6 is 0 Å². The van der Waals surface area contributed by atoms with Gasteiger partial charge in [-0.3, -0.25) is 4.21 Å². The molecule has 4 nitrogen and oxygen atoms in total. The molecule has 0 saturated carbocycles. The molecule has 3 rings (SSSR count). The van der Waals surface area contributed by atoms with E-state index in [0.717, 1.165) is 22.6 Å². The second-order valence-electron chi connectivity index (χ2n) is 3.98. The lowest BCUT2D eigenvalue weighted by Gasteiger charge is -2.25. The van der Waals surface area contributed by atoms with E-state index < -0.39 is 10.8 Å². The highest BCUT2D eigenvalue weighted by atomic mass is 32.2. The third kappa shape index (κ3) is 1.51. The fourth-order valence-corrected chi connectivity index (χ4v) is 3.47. The quantitative estimate of drug-likeness (QED) is 0.732. The average Bonchev–Trinajstić information content (AvgIpc) is 2.32. The van der Waals surface area contributed by atoms with Crippen molar-refractivity contribution in [2.24, 2.45) is 5.73 Å². The van der Waals surface area contributed by atoms with E-state index in [2.05, 4.69) is 0 Å². The van der Waals surface area contributed by atoms with Crippen LogP contribution in [0.25, 0.3) is 0 Å². The molecule has 0 radical (unpaired) electrons. The van der Waals surface area contributed by atoms with Gasteiger partial charge in [-0.2, -0.15) is 0 Å². The van der Waals surface area contributed by atoms with Crippen molar-refractivity contribution in [1.29, 1.82) is 0 Å². The number of fused-ring (bicyclic) bond motifs is 2. The van der Waals surface area contributed by atoms with Crippen molar-refractivity contribution in [1.82, 2.24) is 0 Å². The molecule has 1 aromatic carbocycles. The van der Waals surface area contributed by atoms with Crippen LogP contribution in [-0.2, 0) is 10.8 Å². The lowest BCUT2D eigenvalue weighted by atomic mass is 10.0. The normalized spacial score (nSPS) is 27.3. The van der Waals surface area contributed by atoms with E-state index in [-0.39, 0.29) is 6.04 Å². The van der Waals surface area contributed by atoms with Crippen molar-refractivity contribution in [2.75, 3.05) is 19.0 Å². The van der Waals surface area contributed by atoms with Crippen LogP contribution in [0.2, 0.25) is 0 Å². The number of hydrogen-bond donors (Lipinski definition) is 1. The Balaban J connectivity index is 2.15. The Hall–Kier alpha value is -1.07. The monoisotopic (exact) mass is 239 g/mol. The summed E-state index contributed by atoms with van der Waals surface area (Å²) in [5.74, 6) is 2.04. The summed E-state index contributed by atoms with van der Waals surface area (Å²) in [5.41, 5.74) is 6.95. The van der Waals surface area contributed by atoms with Crippen LogP contribution in [0.15, 0.2) is 17.0 Å². The SMILES string of the molecule is NC1CCS(=O)c2cc3c(cc21)OCCO3. The Morgan fingerprint density at radius 3 is 2.69 bits per heavy atom. The molecule has 0 fully saturated rings. The van der Waals surface area contributed by atoms with Gasteiger partial charge in [0.25, 0.3) is 0 Å². The van der Waals surface area contributed by atoms with Crippen LogP contribution in [0.3, 0.4) is 0 Å². The largest absolute Gasteiger partial charge is 0.486 e. The molecule has 1 aromatic rings. The maximum atomic E-state index is 11.9. The van der Waals surface area contributed by atoms with E-state index in [1.807, 2.05) is 12.1 Å². The van der Waals surface area contributed by atoms with Gasteiger partial charge in [-0.1, -0.05) is 0 Å². The van der Waals surface area contributed by atoms with Gasteiger partial charge in [0, 0.05) is 22.8 Å². The van der Waals surface area contributed by atoms with Crippen LogP contribution in [0.5, 0.6) is 11.5 Å². The van der Waals surface area contributed by atoms with Gasteiger partial charge in [0.1, 0.15) is 13.2 Å². The standard InChI is InChI=1S/C11H13NO3S/c12-8-1-4-16(13)11-6-10-9(5-7(8)11)14-2-3-15-10/h5-6,8H,1-4,12H2. The third-order valence-electron chi connectivity index (χ3n) is 2.93. The second kappa shape index (κ2) is 3.75. The van der Waals surface area contributed by atoms with E-state index in [0.29, 0.717) is 24.7 Å². The molecular formula is C11H13NO3S. The molecule has 2 aliphatic rings. The van der Waals surface area contributed by atoms with Crippen molar-refractivity contribution < 1.29 is 13.7 Å². The van der Waals surface area contributed by atoms with E-state index in [1.54, 1.807) is 0 Å². The highest BCUT2D eigenvalue weighted by Gasteiger charge is 2.26. The first-order valence-electron chi connectivity index (χ1n) is 5.33. The summed E-state index contributed by atoms with van der Waals surface area (Å²) < 4.78 is 22.8. The van der Waals surface area contributed by atoms with Crippen LogP contribution < -0.4 is 15.2 Å². The zero-order valence-corrected chi connectivity index (χ0v) is 9.59. The minimum Gasteiger partial charge on any atom is -0.486 e. The summed E-state index contributed by atoms with van der Waals surface area (Å²) in [6.45, 7) is 1.11. The lowest BCUT2D eigenvalue weighted by Crippen LogP contribution is -2.23. The topological polar surface area (TPSA) is 61.6 Å². The zero-order valence-electron chi connectivity index (χ0n) is 8.77. The molecule has 0 aliphatic carbocycles. The predicted octanol–water partition coefficient (Wildman–Crippen LogP) is 0.969. The van der Waals surface area contributed by atoms with Gasteiger partial charge in [0.05, 0.1) is 10.8 Å². The fraction of sp³-hybridized carbons (Fsp3) is 0.455. The Kier molecular flexibility index (Phi) is 2.37. The summed E-state index contributed by atoms with van der Waals surface area (Å²) in [6, 6.07) is 3.66. The summed E-state index contributed by atoms with van der Waals surface area (Å²) in [5, 5.41) is 0. The lowest BCUT2D eigenvalue weighted by molar-refractivity contribution is 0.170. The van der Waals surface area contributed by atoms with Gasteiger partial charge in [0.15, 0.2) is 11.5 Å². The predicted molar refractivity (Wildman–Crippen MR) is 60.3 cm³/mol. The van der Waals surface area contributed by atoms with Gasteiger partial charge in [0.2, 0.25) is 0 Å². The molecule has 0 amide bonds. The second-order valence-corrected chi connectivity index (χ2v) is 5.52. The Morgan fingerprint density at radius 1 is 1.25 bits per heavy atom. The Morgan fingerprint density at radius 2 is 1.94 bits per heavy atom. The molecule has 5 heteroatoms. The van der Waals surface area contributed by atoms with E-state index >= 15 is 0 Å². The highest BCUT2D eigenvalue weighted by molar-refractivity contribution is 7.85. The first kappa shape index (κ1) is 10.1. The molecule has 16 heavy (non-hydrogen) atoms. The maximum Gasteiger partial charge on any atom is 0.162 e.